The molecule has 0 aliphatic carbocycles. The Bertz CT molecular complexity index is 620. The van der Waals surface area contributed by atoms with Crippen molar-refractivity contribution in [1.82, 2.24) is 9.88 Å². The molecule has 0 bridgehead atoms. The number of amides is 1. The van der Waals surface area contributed by atoms with Crippen LogP contribution in [0.25, 0.3) is 10.9 Å². The minimum Gasteiger partial charge on any atom is -0.361 e. The van der Waals surface area contributed by atoms with Gasteiger partial charge in [0, 0.05) is 37.6 Å². The highest BCUT2D eigenvalue weighted by Gasteiger charge is 2.20. The van der Waals surface area contributed by atoms with Gasteiger partial charge in [0.05, 0.1) is 6.42 Å². The van der Waals surface area contributed by atoms with Crippen LogP contribution in [0, 0.1) is 0 Å². The fourth-order valence-electron chi connectivity index (χ4n) is 2.50. The predicted molar refractivity (Wildman–Crippen MR) is 72.8 cm³/mol. The zero-order valence-electron chi connectivity index (χ0n) is 10.7. The molecule has 19 heavy (non-hydrogen) atoms. The highest BCUT2D eigenvalue weighted by atomic mass is 16.2. The first-order valence-electron chi connectivity index (χ1n) is 6.58. The van der Waals surface area contributed by atoms with Crippen molar-refractivity contribution in [3.63, 3.8) is 0 Å². The molecule has 1 fully saturated rings. The number of H-pyrrole nitrogens is 1. The number of hydrogen-bond donors (Lipinski definition) is 1. The molecule has 2 aromatic rings. The number of nitrogens with one attached hydrogen (secondary N) is 1. The molecule has 4 nitrogen and oxygen atoms in total. The molecule has 0 atom stereocenters. The Kier molecular flexibility index (Phi) is 3.07. The lowest BCUT2D eigenvalue weighted by molar-refractivity contribution is -0.133. The number of fused-ring (bicyclic) bond motifs is 1. The number of likely N-dealkylation sites (tertiary alicyclic amines) is 1. The Morgan fingerprint density at radius 3 is 2.79 bits per heavy atom. The summed E-state index contributed by atoms with van der Waals surface area (Å²) >= 11 is 0. The maximum absolute atomic E-state index is 12.2. The summed E-state index contributed by atoms with van der Waals surface area (Å²) < 4.78 is 0. The largest absolute Gasteiger partial charge is 0.361 e. The highest BCUT2D eigenvalue weighted by molar-refractivity contribution is 5.85. The molecule has 0 unspecified atom stereocenters. The lowest BCUT2D eigenvalue weighted by Gasteiger charge is -2.26. The fraction of sp³-hybridized carbons (Fsp3) is 0.333. The van der Waals surface area contributed by atoms with E-state index in [0.29, 0.717) is 32.4 Å². The first kappa shape index (κ1) is 12.0. The number of ketones is 1. The molecule has 4 heteroatoms. The molecule has 98 valence electrons. The van der Waals surface area contributed by atoms with E-state index in [-0.39, 0.29) is 11.7 Å². The number of aromatic amines is 1. The molecular weight excluding hydrogens is 240 g/mol. The number of hydrogen-bond acceptors (Lipinski definition) is 2. The number of Topliss-reactive ketones (excluding diaryl/α,β-unsaturated/α-hetero) is 1. The average Bonchev–Trinajstić information content (AvgIpc) is 2.87. The minimum absolute atomic E-state index is 0.110. The van der Waals surface area contributed by atoms with Gasteiger partial charge in [-0.15, -0.1) is 0 Å². The molecule has 1 aromatic carbocycles. The standard InChI is InChI=1S/C15H16N2O2/c18-13-4-7-17(8-5-13)15(19)10-11-1-2-12-3-6-16-14(12)9-11/h1-3,6,9,16H,4-5,7-8,10H2. The summed E-state index contributed by atoms with van der Waals surface area (Å²) in [7, 11) is 0. The fourth-order valence-corrected chi connectivity index (χ4v) is 2.50. The van der Waals surface area contributed by atoms with Crippen LogP contribution in [0.3, 0.4) is 0 Å². The molecule has 1 saturated heterocycles. The van der Waals surface area contributed by atoms with Crippen molar-refractivity contribution in [3.8, 4) is 0 Å². The lowest BCUT2D eigenvalue weighted by Crippen LogP contribution is -2.39. The lowest BCUT2D eigenvalue weighted by atomic mass is 10.1. The van der Waals surface area contributed by atoms with Crippen LogP contribution in [-0.2, 0) is 16.0 Å². The second kappa shape index (κ2) is 4.88. The maximum Gasteiger partial charge on any atom is 0.227 e. The Balaban J connectivity index is 1.70. The van der Waals surface area contributed by atoms with E-state index in [4.69, 9.17) is 0 Å². The van der Waals surface area contributed by atoms with Crippen LogP contribution >= 0.6 is 0 Å². The van der Waals surface area contributed by atoms with Gasteiger partial charge in [-0.2, -0.15) is 0 Å². The van der Waals surface area contributed by atoms with E-state index >= 15 is 0 Å². The van der Waals surface area contributed by atoms with Gasteiger partial charge in [-0.3, -0.25) is 9.59 Å². The molecule has 1 aliphatic heterocycles. The first-order chi connectivity index (χ1) is 9.22. The Labute approximate surface area is 111 Å². The van der Waals surface area contributed by atoms with Gasteiger partial charge >= 0.3 is 0 Å². The number of carbonyl (C=O) groups excluding carboxylic acids is 2. The summed E-state index contributed by atoms with van der Waals surface area (Å²) in [4.78, 5) is 28.3. The third-order valence-electron chi connectivity index (χ3n) is 3.65. The molecule has 0 radical (unpaired) electrons. The van der Waals surface area contributed by atoms with Crippen LogP contribution in [0.15, 0.2) is 30.5 Å². The van der Waals surface area contributed by atoms with E-state index in [0.717, 1.165) is 16.5 Å². The number of piperidine rings is 1. The number of aromatic nitrogens is 1. The van der Waals surface area contributed by atoms with E-state index < -0.39 is 0 Å². The minimum atomic E-state index is 0.110. The van der Waals surface area contributed by atoms with E-state index in [2.05, 4.69) is 4.98 Å². The zero-order valence-corrected chi connectivity index (χ0v) is 10.7. The van der Waals surface area contributed by atoms with Crippen LogP contribution in [0.5, 0.6) is 0 Å². The molecule has 1 N–H and O–H groups in total. The molecule has 0 saturated carbocycles. The first-order valence-corrected chi connectivity index (χ1v) is 6.58. The van der Waals surface area contributed by atoms with Crippen molar-refractivity contribution in [1.29, 1.82) is 0 Å². The summed E-state index contributed by atoms with van der Waals surface area (Å²) in [6, 6.07) is 8.04. The molecule has 3 rings (SSSR count). The number of rotatable bonds is 2. The summed E-state index contributed by atoms with van der Waals surface area (Å²) in [6.07, 6.45) is 3.30. The van der Waals surface area contributed by atoms with Crippen molar-refractivity contribution in [2.24, 2.45) is 0 Å². The Hall–Kier alpha value is -2.10. The molecule has 0 spiro atoms. The third kappa shape index (κ3) is 2.52. The number of nitrogens with zero attached hydrogens (tertiary/aromatic N) is 1. The normalized spacial score (nSPS) is 16.0. The second-order valence-electron chi connectivity index (χ2n) is 5.00. The van der Waals surface area contributed by atoms with Crippen molar-refractivity contribution >= 4 is 22.6 Å². The Morgan fingerprint density at radius 1 is 1.21 bits per heavy atom. The predicted octanol–water partition coefficient (Wildman–Crippen LogP) is 1.90. The van der Waals surface area contributed by atoms with E-state index in [9.17, 15) is 9.59 Å². The molecule has 1 amide bonds. The SMILES string of the molecule is O=C1CCN(C(=O)Cc2ccc3cc[nH]c3c2)CC1. The van der Waals surface area contributed by atoms with Crippen molar-refractivity contribution in [2.45, 2.75) is 19.3 Å². The van der Waals surface area contributed by atoms with Gasteiger partial charge in [-0.25, -0.2) is 0 Å². The van der Waals surface area contributed by atoms with Gasteiger partial charge in [0.2, 0.25) is 5.91 Å². The van der Waals surface area contributed by atoms with Crippen molar-refractivity contribution in [3.05, 3.63) is 36.0 Å². The summed E-state index contributed by atoms with van der Waals surface area (Å²) in [5.74, 6) is 0.371. The second-order valence-corrected chi connectivity index (χ2v) is 5.00. The van der Waals surface area contributed by atoms with Gasteiger partial charge in [-0.1, -0.05) is 12.1 Å². The van der Waals surface area contributed by atoms with Crippen molar-refractivity contribution < 1.29 is 9.59 Å². The molecule has 1 aromatic heterocycles. The van der Waals surface area contributed by atoms with Gasteiger partial charge in [-0.05, 0) is 23.1 Å². The smallest absolute Gasteiger partial charge is 0.227 e. The van der Waals surface area contributed by atoms with Crippen LogP contribution in [0.4, 0.5) is 0 Å². The number of benzene rings is 1. The van der Waals surface area contributed by atoms with E-state index in [1.54, 1.807) is 4.90 Å². The van der Waals surface area contributed by atoms with Crippen LogP contribution in [-0.4, -0.2) is 34.7 Å². The summed E-state index contributed by atoms with van der Waals surface area (Å²) in [5, 5.41) is 1.15. The molecule has 1 aliphatic rings. The van der Waals surface area contributed by atoms with Gasteiger partial charge in [0.25, 0.3) is 0 Å². The van der Waals surface area contributed by atoms with Crippen LogP contribution in [0.1, 0.15) is 18.4 Å². The summed E-state index contributed by atoms with van der Waals surface area (Å²) in [5.41, 5.74) is 2.07. The van der Waals surface area contributed by atoms with Gasteiger partial charge < -0.3 is 9.88 Å². The molecule has 2 heterocycles. The highest BCUT2D eigenvalue weighted by Crippen LogP contribution is 2.16. The van der Waals surface area contributed by atoms with E-state index in [1.807, 2.05) is 30.5 Å². The average molecular weight is 256 g/mol. The van der Waals surface area contributed by atoms with Gasteiger partial charge in [0.15, 0.2) is 0 Å². The third-order valence-corrected chi connectivity index (χ3v) is 3.65. The topological polar surface area (TPSA) is 53.2 Å². The summed E-state index contributed by atoms with van der Waals surface area (Å²) in [6.45, 7) is 1.14. The molecular formula is C15H16N2O2. The van der Waals surface area contributed by atoms with E-state index in [1.165, 1.54) is 0 Å². The maximum atomic E-state index is 12.2. The quantitative estimate of drug-likeness (QED) is 0.892. The van der Waals surface area contributed by atoms with Crippen LogP contribution < -0.4 is 0 Å². The zero-order chi connectivity index (χ0) is 13.2. The van der Waals surface area contributed by atoms with Crippen molar-refractivity contribution in [2.75, 3.05) is 13.1 Å². The monoisotopic (exact) mass is 256 g/mol. The Morgan fingerprint density at radius 2 is 2.00 bits per heavy atom. The number of carbonyl (C=O) groups is 2. The van der Waals surface area contributed by atoms with Crippen LogP contribution in [0.2, 0.25) is 0 Å². The van der Waals surface area contributed by atoms with Gasteiger partial charge in [0.1, 0.15) is 5.78 Å².